The van der Waals surface area contributed by atoms with Gasteiger partial charge in [0.1, 0.15) is 66.2 Å². The van der Waals surface area contributed by atoms with Gasteiger partial charge in [-0.25, -0.2) is 14.9 Å². The minimum atomic E-state index is -4.58. The van der Waals surface area contributed by atoms with E-state index >= 15 is 0 Å². The van der Waals surface area contributed by atoms with Gasteiger partial charge < -0.3 is 73.1 Å². The fourth-order valence-corrected chi connectivity index (χ4v) is 8.09. The van der Waals surface area contributed by atoms with Gasteiger partial charge in [-0.15, -0.1) is 0 Å². The smallest absolute Gasteiger partial charge is 0.326 e. The number of hydrogen-bond donors (Lipinski definition) is 13. The van der Waals surface area contributed by atoms with E-state index in [1.807, 2.05) is 25.5 Å². The fourth-order valence-electron chi connectivity index (χ4n) is 7.41. The standard InChI is InChI=1S/C46H59ClN10O14S/c1-21-41(62)55-32(45(66)67)11-22-6-9-35(70-19-25(58)16-48)28(10-22)29-12-23(13-36(39(29)61)71-20-26(59)17-49)38(43(64)53-21)57(5)44(65)33(18-52-72(51,68)69)56-42(63)37-30(50)15-31(54-40(37)47)27-8-7-24(14-34(27)60)46(2,3)4/h6-10,12-15,21,25-26,32-33,38,52,58-61H,11,16-20,48-49H2,1-5H3,(H2,50,54)(H,53,64)(H,55,62)(H,56,63)(H,66,67)(H2,51,68,69)/t21-,25+,26+,32-,33-,38-/m0/s1. The minimum absolute atomic E-state index is 0.0127. The molecular weight excluding hydrogens is 984 g/mol. The SMILES string of the molecule is C[C@@H]1NC(=O)[C@@H](N(C)C(=O)[C@H](CNS(N)(=O)=O)NC(=O)c2c(N)cc(-c3ccc(C(C)(C)C)cc3O)nc2Cl)c2cc(OC[C@H](O)CN)c(O)c(c2)-c2cc(ccc2OC[C@H](O)CN)C[C@@H](C(=O)O)NC1=O. The minimum Gasteiger partial charge on any atom is -0.507 e. The number of benzene rings is 3. The third-order valence-electron chi connectivity index (χ3n) is 11.4. The molecule has 1 aliphatic heterocycles. The number of aliphatic hydroxyl groups excluding tert-OH is 2. The van der Waals surface area contributed by atoms with Crippen molar-refractivity contribution in [2.75, 3.05) is 45.6 Å². The lowest BCUT2D eigenvalue weighted by atomic mass is 9.86. The molecule has 0 fully saturated rings. The van der Waals surface area contributed by atoms with Gasteiger partial charge in [-0.3, -0.25) is 19.2 Å². The summed E-state index contributed by atoms with van der Waals surface area (Å²) in [5.74, 6) is -7.07. The van der Waals surface area contributed by atoms with E-state index in [0.717, 1.165) is 23.6 Å². The molecule has 4 amide bonds. The first kappa shape index (κ1) is 56.1. The maximum atomic E-state index is 14.9. The first-order chi connectivity index (χ1) is 33.6. The Labute approximate surface area is 419 Å². The van der Waals surface area contributed by atoms with Crippen LogP contribution in [0.15, 0.2) is 54.6 Å². The van der Waals surface area contributed by atoms with Crippen molar-refractivity contribution in [3.05, 3.63) is 82.0 Å². The third-order valence-corrected chi connectivity index (χ3v) is 12.3. The number of amides is 4. The van der Waals surface area contributed by atoms with Crippen LogP contribution in [0.25, 0.3) is 22.4 Å². The normalized spacial score (nSPS) is 17.6. The first-order valence-corrected chi connectivity index (χ1v) is 24.1. The van der Waals surface area contributed by atoms with Gasteiger partial charge in [-0.2, -0.15) is 13.1 Å². The number of anilines is 1. The number of aromatic hydroxyl groups is 2. The molecule has 4 aromatic rings. The Hall–Kier alpha value is -6.84. The number of nitrogen functional groups attached to an aromatic ring is 1. The lowest BCUT2D eigenvalue weighted by Crippen LogP contribution is -2.57. The number of nitrogens with one attached hydrogen (secondary N) is 4. The zero-order valence-corrected chi connectivity index (χ0v) is 41.4. The summed E-state index contributed by atoms with van der Waals surface area (Å²) in [5, 5.41) is 65.6. The molecule has 17 N–H and O–H groups in total. The van der Waals surface area contributed by atoms with E-state index < -0.39 is 112 Å². The van der Waals surface area contributed by atoms with Gasteiger partial charge in [0.15, 0.2) is 11.5 Å². The van der Waals surface area contributed by atoms with E-state index in [9.17, 15) is 57.9 Å². The molecule has 390 valence electrons. The molecule has 0 radical (unpaired) electrons. The highest BCUT2D eigenvalue weighted by Crippen LogP contribution is 2.45. The van der Waals surface area contributed by atoms with Crippen molar-refractivity contribution in [3.8, 4) is 45.4 Å². The summed E-state index contributed by atoms with van der Waals surface area (Å²) in [7, 11) is -3.50. The number of ether oxygens (including phenoxy) is 2. The van der Waals surface area contributed by atoms with Crippen molar-refractivity contribution in [1.29, 1.82) is 0 Å². The molecule has 5 rings (SSSR count). The molecule has 0 spiro atoms. The van der Waals surface area contributed by atoms with E-state index in [1.54, 1.807) is 18.2 Å². The summed E-state index contributed by atoms with van der Waals surface area (Å²) in [6, 6.07) is 5.89. The molecular formula is C46H59ClN10O14S. The van der Waals surface area contributed by atoms with Gasteiger partial charge in [0.05, 0.1) is 11.3 Å². The van der Waals surface area contributed by atoms with Crippen molar-refractivity contribution in [2.45, 2.75) is 75.9 Å². The number of phenols is 2. The van der Waals surface area contributed by atoms with Gasteiger partial charge in [0.2, 0.25) is 17.7 Å². The number of carbonyl (C=O) groups is 5. The number of phenolic OH excluding ortho intramolecular Hbond substituents is 2. The van der Waals surface area contributed by atoms with Crippen LogP contribution in [0.5, 0.6) is 23.0 Å². The van der Waals surface area contributed by atoms with Crippen LogP contribution in [0.4, 0.5) is 5.69 Å². The summed E-state index contributed by atoms with van der Waals surface area (Å²) in [5.41, 5.74) is 17.6. The maximum absolute atomic E-state index is 14.9. The lowest BCUT2D eigenvalue weighted by Gasteiger charge is -2.33. The maximum Gasteiger partial charge on any atom is 0.326 e. The summed E-state index contributed by atoms with van der Waals surface area (Å²) in [6.45, 7) is 4.77. The molecule has 1 aromatic heterocycles. The van der Waals surface area contributed by atoms with Crippen LogP contribution >= 0.6 is 11.6 Å². The van der Waals surface area contributed by atoms with Crippen LogP contribution in [-0.2, 0) is 41.2 Å². The second-order valence-electron chi connectivity index (χ2n) is 18.0. The van der Waals surface area contributed by atoms with Crippen molar-refractivity contribution >= 4 is 57.1 Å². The van der Waals surface area contributed by atoms with E-state index in [2.05, 4.69) is 20.9 Å². The molecule has 0 aliphatic carbocycles. The van der Waals surface area contributed by atoms with E-state index in [-0.39, 0.29) is 82.2 Å². The Morgan fingerprint density at radius 1 is 0.917 bits per heavy atom. The number of pyridine rings is 1. The van der Waals surface area contributed by atoms with Crippen molar-refractivity contribution in [1.82, 2.24) is 30.6 Å². The number of hydrogen-bond acceptors (Lipinski definition) is 17. The monoisotopic (exact) mass is 1040 g/mol. The lowest BCUT2D eigenvalue weighted by molar-refractivity contribution is -0.143. The number of halogens is 1. The Kier molecular flexibility index (Phi) is 18.0. The number of carboxylic acids is 1. The van der Waals surface area contributed by atoms with E-state index in [0.29, 0.717) is 0 Å². The quantitative estimate of drug-likeness (QED) is 0.0592. The highest BCUT2D eigenvalue weighted by Gasteiger charge is 2.38. The van der Waals surface area contributed by atoms with Gasteiger partial charge in [-0.05, 0) is 71.5 Å². The van der Waals surface area contributed by atoms with E-state index in [4.69, 9.17) is 43.4 Å². The van der Waals surface area contributed by atoms with Crippen LogP contribution in [0.3, 0.4) is 0 Å². The molecule has 26 heteroatoms. The number of nitrogens with zero attached hydrogens (tertiary/aromatic N) is 2. The molecule has 3 aromatic carbocycles. The zero-order valence-electron chi connectivity index (χ0n) is 39.8. The molecule has 1 aliphatic rings. The summed E-state index contributed by atoms with van der Waals surface area (Å²) in [6.07, 6.45) is -2.76. The average Bonchev–Trinajstić information content (AvgIpc) is 3.30. The number of carbonyl (C=O) groups excluding carboxylic acids is 4. The third kappa shape index (κ3) is 13.8. The molecule has 2 heterocycles. The van der Waals surface area contributed by atoms with Crippen molar-refractivity contribution in [3.63, 3.8) is 0 Å². The largest absolute Gasteiger partial charge is 0.507 e. The Morgan fingerprint density at radius 3 is 2.12 bits per heavy atom. The molecule has 24 nitrogen and oxygen atoms in total. The zero-order chi connectivity index (χ0) is 53.6. The number of likely N-dealkylation sites (N-methyl/N-ethyl adjacent to an activating group) is 1. The Balaban J connectivity index is 1.67. The van der Waals surface area contributed by atoms with Gasteiger partial charge in [0.25, 0.3) is 16.1 Å². The van der Waals surface area contributed by atoms with Gasteiger partial charge >= 0.3 is 5.97 Å². The highest BCUT2D eigenvalue weighted by molar-refractivity contribution is 7.87. The topological polar surface area (TPSA) is 407 Å². The van der Waals surface area contributed by atoms with Crippen LogP contribution in [0.2, 0.25) is 5.15 Å². The molecule has 0 unspecified atom stereocenters. The fraction of sp³-hybridized carbons (Fsp3) is 0.391. The molecule has 4 bridgehead atoms. The first-order valence-electron chi connectivity index (χ1n) is 22.1. The summed E-state index contributed by atoms with van der Waals surface area (Å²) < 4.78 is 38.2. The molecule has 72 heavy (non-hydrogen) atoms. The second-order valence-corrected chi connectivity index (χ2v) is 19.7. The second kappa shape index (κ2) is 23.1. The number of aromatic nitrogens is 1. The number of carboxylic acid groups (broad SMARTS) is 1. The molecule has 6 atom stereocenters. The Bertz CT molecular complexity index is 2810. The predicted molar refractivity (Wildman–Crippen MR) is 263 cm³/mol. The van der Waals surface area contributed by atoms with Crippen LogP contribution in [0, 0.1) is 0 Å². The van der Waals surface area contributed by atoms with Crippen molar-refractivity contribution in [2.24, 2.45) is 16.6 Å². The summed E-state index contributed by atoms with van der Waals surface area (Å²) >= 11 is 6.55. The molecule has 0 saturated heterocycles. The van der Waals surface area contributed by atoms with Gasteiger partial charge in [0, 0.05) is 55.5 Å². The van der Waals surface area contributed by atoms with Gasteiger partial charge in [-0.1, -0.05) is 44.5 Å². The number of aliphatic carboxylic acids is 1. The number of aliphatic hydroxyl groups is 2. The predicted octanol–water partition coefficient (Wildman–Crippen LogP) is -0.522. The average molecular weight is 1040 g/mol. The van der Waals surface area contributed by atoms with Crippen molar-refractivity contribution < 1.29 is 67.4 Å². The highest BCUT2D eigenvalue weighted by atomic mass is 35.5. The van der Waals surface area contributed by atoms with E-state index in [1.165, 1.54) is 37.3 Å². The number of nitrogens with two attached hydrogens (primary N) is 4. The van der Waals surface area contributed by atoms with Crippen LogP contribution in [0.1, 0.15) is 60.8 Å². The summed E-state index contributed by atoms with van der Waals surface area (Å²) in [4.78, 5) is 74.7. The Morgan fingerprint density at radius 2 is 1.56 bits per heavy atom. The molecule has 0 saturated carbocycles. The van der Waals surface area contributed by atoms with Crippen LogP contribution in [-0.4, -0.2) is 144 Å². The number of rotatable bonds is 17. The number of fused-ring (bicyclic) bond motifs is 5. The van der Waals surface area contributed by atoms with Crippen LogP contribution < -0.4 is 52.5 Å².